The standard InChI is InChI=1S/C24H27N3O6S3/c1-5-13-26(14-6-2)36(31,32)19-9-7-18(8-10-19)23(28)25-24-27(15-16-33-3)21-12-11-20(35(4,29)30)17-22(21)34-24/h5-12,17H,1-2,13-16H2,3-4H3. The molecule has 3 aromatic rings. The van der Waals surface area contributed by atoms with Crippen LogP contribution in [0, 0.1) is 0 Å². The molecule has 2 aromatic carbocycles. The number of aromatic nitrogens is 1. The van der Waals surface area contributed by atoms with Gasteiger partial charge in [0, 0.05) is 38.6 Å². The van der Waals surface area contributed by atoms with Crippen molar-refractivity contribution in [2.75, 3.05) is 33.1 Å². The van der Waals surface area contributed by atoms with Gasteiger partial charge in [0.15, 0.2) is 14.6 Å². The molecule has 0 aliphatic heterocycles. The van der Waals surface area contributed by atoms with Gasteiger partial charge in [-0.2, -0.15) is 9.30 Å². The highest BCUT2D eigenvalue weighted by molar-refractivity contribution is 7.90. The van der Waals surface area contributed by atoms with Crippen LogP contribution in [0.25, 0.3) is 10.2 Å². The Kier molecular flexibility index (Phi) is 8.80. The fourth-order valence-electron chi connectivity index (χ4n) is 3.40. The van der Waals surface area contributed by atoms with Gasteiger partial charge < -0.3 is 9.30 Å². The third kappa shape index (κ3) is 6.08. The van der Waals surface area contributed by atoms with Gasteiger partial charge in [-0.3, -0.25) is 4.79 Å². The number of benzene rings is 2. The lowest BCUT2D eigenvalue weighted by Gasteiger charge is -2.19. The summed E-state index contributed by atoms with van der Waals surface area (Å²) in [5.41, 5.74) is 0.933. The number of thiazole rings is 1. The van der Waals surface area contributed by atoms with Crippen molar-refractivity contribution in [1.29, 1.82) is 0 Å². The van der Waals surface area contributed by atoms with Gasteiger partial charge in [0.1, 0.15) is 0 Å². The van der Waals surface area contributed by atoms with Gasteiger partial charge in [0.2, 0.25) is 10.0 Å². The van der Waals surface area contributed by atoms with Crippen LogP contribution < -0.4 is 4.80 Å². The van der Waals surface area contributed by atoms with Crippen LogP contribution in [0.4, 0.5) is 0 Å². The molecule has 0 saturated carbocycles. The molecule has 1 aromatic heterocycles. The van der Waals surface area contributed by atoms with Crippen molar-refractivity contribution in [3.63, 3.8) is 0 Å². The lowest BCUT2D eigenvalue weighted by Crippen LogP contribution is -2.31. The summed E-state index contributed by atoms with van der Waals surface area (Å²) in [7, 11) is -5.64. The first-order valence-electron chi connectivity index (χ1n) is 10.8. The summed E-state index contributed by atoms with van der Waals surface area (Å²) < 4.78 is 58.5. The molecule has 9 nitrogen and oxygen atoms in total. The van der Waals surface area contributed by atoms with Crippen LogP contribution in [-0.4, -0.2) is 64.7 Å². The van der Waals surface area contributed by atoms with Gasteiger partial charge in [-0.25, -0.2) is 16.8 Å². The highest BCUT2D eigenvalue weighted by Gasteiger charge is 2.22. The molecule has 0 radical (unpaired) electrons. The van der Waals surface area contributed by atoms with Crippen LogP contribution in [0.3, 0.4) is 0 Å². The van der Waals surface area contributed by atoms with E-state index in [0.717, 1.165) is 11.8 Å². The number of hydrogen-bond acceptors (Lipinski definition) is 7. The first kappa shape index (κ1) is 27.7. The second-order valence-corrected chi connectivity index (χ2v) is 12.7. The minimum Gasteiger partial charge on any atom is -0.383 e. The Morgan fingerprint density at radius 2 is 1.67 bits per heavy atom. The zero-order valence-electron chi connectivity index (χ0n) is 20.0. The van der Waals surface area contributed by atoms with E-state index in [1.165, 1.54) is 58.1 Å². The Labute approximate surface area is 214 Å². The smallest absolute Gasteiger partial charge is 0.279 e. The normalized spacial score (nSPS) is 12.8. The summed E-state index contributed by atoms with van der Waals surface area (Å²) in [6.45, 7) is 8.19. The number of methoxy groups -OCH3 is 1. The maximum absolute atomic E-state index is 13.0. The summed E-state index contributed by atoms with van der Waals surface area (Å²) in [5, 5.41) is 0. The number of sulfonamides is 1. The van der Waals surface area contributed by atoms with E-state index < -0.39 is 25.8 Å². The first-order valence-corrected chi connectivity index (χ1v) is 14.9. The number of nitrogens with zero attached hydrogens (tertiary/aromatic N) is 3. The quantitative estimate of drug-likeness (QED) is 0.340. The third-order valence-electron chi connectivity index (χ3n) is 5.20. The average molecular weight is 550 g/mol. The Balaban J connectivity index is 2.01. The zero-order chi connectivity index (χ0) is 26.5. The molecular formula is C24H27N3O6S3. The molecule has 0 N–H and O–H groups in total. The summed E-state index contributed by atoms with van der Waals surface area (Å²) in [6, 6.07) is 10.3. The lowest BCUT2D eigenvalue weighted by molar-refractivity contribution is 0.0997. The maximum atomic E-state index is 13.0. The molecule has 0 aliphatic carbocycles. The fourth-order valence-corrected chi connectivity index (χ4v) is 6.59. The lowest BCUT2D eigenvalue weighted by atomic mass is 10.2. The Hall–Kier alpha value is -2.90. The zero-order valence-corrected chi connectivity index (χ0v) is 22.4. The van der Waals surface area contributed by atoms with Crippen molar-refractivity contribution in [3.05, 3.63) is 78.1 Å². The number of carbonyl (C=O) groups excluding carboxylic acids is 1. The molecule has 1 heterocycles. The van der Waals surface area contributed by atoms with Crippen LogP contribution in [0.5, 0.6) is 0 Å². The van der Waals surface area contributed by atoms with E-state index in [1.54, 1.807) is 23.8 Å². The van der Waals surface area contributed by atoms with Gasteiger partial charge in [-0.15, -0.1) is 13.2 Å². The van der Waals surface area contributed by atoms with Crippen LogP contribution in [0.2, 0.25) is 0 Å². The van der Waals surface area contributed by atoms with Crippen molar-refractivity contribution >= 4 is 47.3 Å². The van der Waals surface area contributed by atoms with Gasteiger partial charge in [-0.1, -0.05) is 23.5 Å². The molecule has 0 fully saturated rings. The summed E-state index contributed by atoms with van der Waals surface area (Å²) >= 11 is 1.18. The molecule has 192 valence electrons. The van der Waals surface area contributed by atoms with E-state index in [4.69, 9.17) is 4.74 Å². The minimum atomic E-state index is -3.79. The number of ether oxygens (including phenoxy) is 1. The molecule has 0 bridgehead atoms. The number of hydrogen-bond donors (Lipinski definition) is 0. The second kappa shape index (κ2) is 11.4. The van der Waals surface area contributed by atoms with Crippen molar-refractivity contribution in [2.24, 2.45) is 4.99 Å². The van der Waals surface area contributed by atoms with E-state index in [0.29, 0.717) is 22.7 Å². The molecule has 12 heteroatoms. The molecule has 0 spiro atoms. The number of sulfone groups is 1. The predicted octanol–water partition coefficient (Wildman–Crippen LogP) is 2.86. The van der Waals surface area contributed by atoms with Gasteiger partial charge in [0.05, 0.1) is 26.6 Å². The van der Waals surface area contributed by atoms with Crippen LogP contribution >= 0.6 is 11.3 Å². The van der Waals surface area contributed by atoms with Gasteiger partial charge in [-0.05, 0) is 42.5 Å². The molecule has 36 heavy (non-hydrogen) atoms. The largest absolute Gasteiger partial charge is 0.383 e. The summed E-state index contributed by atoms with van der Waals surface area (Å²) in [5.74, 6) is -0.561. The molecule has 3 rings (SSSR count). The Bertz CT molecular complexity index is 1560. The monoisotopic (exact) mass is 549 g/mol. The van der Waals surface area contributed by atoms with Crippen molar-refractivity contribution < 1.29 is 26.4 Å². The average Bonchev–Trinajstić information content (AvgIpc) is 3.18. The van der Waals surface area contributed by atoms with E-state index in [-0.39, 0.29) is 28.4 Å². The second-order valence-electron chi connectivity index (χ2n) is 7.77. The van der Waals surface area contributed by atoms with E-state index >= 15 is 0 Å². The van der Waals surface area contributed by atoms with Crippen molar-refractivity contribution in [2.45, 2.75) is 16.3 Å². The minimum absolute atomic E-state index is 0.0353. The van der Waals surface area contributed by atoms with E-state index in [1.807, 2.05) is 0 Å². The highest BCUT2D eigenvalue weighted by Crippen LogP contribution is 2.22. The van der Waals surface area contributed by atoms with Crippen LogP contribution in [0.1, 0.15) is 10.4 Å². The first-order chi connectivity index (χ1) is 17.0. The van der Waals surface area contributed by atoms with Crippen LogP contribution in [-0.2, 0) is 31.1 Å². The van der Waals surface area contributed by atoms with E-state index in [9.17, 15) is 21.6 Å². The molecule has 0 atom stereocenters. The number of carbonyl (C=O) groups is 1. The number of fused-ring (bicyclic) bond motifs is 1. The van der Waals surface area contributed by atoms with E-state index in [2.05, 4.69) is 18.2 Å². The van der Waals surface area contributed by atoms with Crippen LogP contribution in [0.15, 0.2) is 82.6 Å². The highest BCUT2D eigenvalue weighted by atomic mass is 32.2. The summed E-state index contributed by atoms with van der Waals surface area (Å²) in [6.07, 6.45) is 4.11. The molecule has 0 unspecified atom stereocenters. The van der Waals surface area contributed by atoms with Crippen molar-refractivity contribution in [1.82, 2.24) is 8.87 Å². The topological polar surface area (TPSA) is 115 Å². The Morgan fingerprint density at radius 1 is 1.06 bits per heavy atom. The molecule has 0 aliphatic rings. The molecule has 0 saturated heterocycles. The van der Waals surface area contributed by atoms with Gasteiger partial charge >= 0.3 is 0 Å². The predicted molar refractivity (Wildman–Crippen MR) is 140 cm³/mol. The maximum Gasteiger partial charge on any atom is 0.279 e. The summed E-state index contributed by atoms with van der Waals surface area (Å²) in [4.78, 5) is 17.8. The van der Waals surface area contributed by atoms with Gasteiger partial charge in [0.25, 0.3) is 5.91 Å². The number of rotatable bonds is 11. The molecular weight excluding hydrogens is 522 g/mol. The molecule has 1 amide bonds. The SMILES string of the molecule is C=CCN(CC=C)S(=O)(=O)c1ccc(C(=O)N=c2sc3cc(S(C)(=O)=O)ccc3n2CCOC)cc1. The number of amides is 1. The Morgan fingerprint density at radius 3 is 2.22 bits per heavy atom. The third-order valence-corrected chi connectivity index (χ3v) is 9.20. The van der Waals surface area contributed by atoms with Crippen molar-refractivity contribution in [3.8, 4) is 0 Å². The fraction of sp³-hybridized carbons (Fsp3) is 0.250.